The minimum absolute atomic E-state index is 0.444. The monoisotopic (exact) mass is 284 g/mol. The molecule has 102 valence electrons. The molecular weight excluding hydrogens is 268 g/mol. The van der Waals surface area contributed by atoms with Crippen LogP contribution in [0.1, 0.15) is 12.5 Å². The highest BCUT2D eigenvalue weighted by molar-refractivity contribution is 7.80. The maximum atomic E-state index is 5.74. The summed E-state index contributed by atoms with van der Waals surface area (Å²) in [4.78, 5) is 0. The Morgan fingerprint density at radius 2 is 1.85 bits per heavy atom. The van der Waals surface area contributed by atoms with Gasteiger partial charge in [-0.2, -0.15) is 5.10 Å². The summed E-state index contributed by atoms with van der Waals surface area (Å²) in [6.45, 7) is 1.90. The molecule has 0 fully saturated rings. The lowest BCUT2D eigenvalue weighted by Gasteiger charge is -2.08. The van der Waals surface area contributed by atoms with Gasteiger partial charge in [-0.05, 0) is 49.0 Å². The van der Waals surface area contributed by atoms with E-state index in [4.69, 9.17) is 18.0 Å². The Morgan fingerprint density at radius 3 is 2.55 bits per heavy atom. The van der Waals surface area contributed by atoms with E-state index >= 15 is 0 Å². The van der Waals surface area contributed by atoms with Gasteiger partial charge in [-0.3, -0.25) is 5.43 Å². The first-order valence-corrected chi connectivity index (χ1v) is 6.58. The second-order valence-corrected chi connectivity index (χ2v) is 4.66. The van der Waals surface area contributed by atoms with Crippen LogP contribution in [0.3, 0.4) is 0 Å². The van der Waals surface area contributed by atoms with Gasteiger partial charge in [0, 0.05) is 11.4 Å². The highest BCUT2D eigenvalue weighted by Crippen LogP contribution is 2.08. The molecule has 0 aromatic heterocycles. The molecule has 0 atom stereocenters. The van der Waals surface area contributed by atoms with E-state index in [0.717, 1.165) is 17.0 Å². The number of nitrogens with one attached hydrogen (secondary N) is 2. The lowest BCUT2D eigenvalue weighted by molar-refractivity contribution is 1.04. The van der Waals surface area contributed by atoms with E-state index in [1.165, 1.54) is 0 Å². The van der Waals surface area contributed by atoms with Gasteiger partial charge in [0.2, 0.25) is 0 Å². The molecule has 0 amide bonds. The molecule has 0 aliphatic heterocycles. The maximum Gasteiger partial charge on any atom is 0.191 e. The number of benzene rings is 2. The number of nitrogens with two attached hydrogens (primary N) is 1. The number of nitrogens with zero attached hydrogens (tertiary/aromatic N) is 1. The van der Waals surface area contributed by atoms with Crippen LogP contribution in [0.25, 0.3) is 0 Å². The summed E-state index contributed by atoms with van der Waals surface area (Å²) in [5, 5.41) is 7.73. The normalized spacial score (nSPS) is 10.9. The van der Waals surface area contributed by atoms with Crippen LogP contribution >= 0.6 is 12.2 Å². The van der Waals surface area contributed by atoms with Crippen LogP contribution in [0.5, 0.6) is 0 Å². The number of thiocarbonyl (C=S) groups is 1. The second kappa shape index (κ2) is 6.68. The van der Waals surface area contributed by atoms with Crippen LogP contribution < -0.4 is 16.5 Å². The van der Waals surface area contributed by atoms with Gasteiger partial charge in [-0.25, -0.2) is 0 Å². The van der Waals surface area contributed by atoms with Gasteiger partial charge in [0.1, 0.15) is 0 Å². The molecule has 0 saturated heterocycles. The molecule has 0 heterocycles. The standard InChI is InChI=1S/C15H16N4S/c1-11(12-6-5-7-13(16)10-12)18-19-15(20)17-14-8-3-2-4-9-14/h2-10H,16H2,1H3,(H2,17,19,20). The summed E-state index contributed by atoms with van der Waals surface area (Å²) < 4.78 is 0. The van der Waals surface area contributed by atoms with Crippen LogP contribution in [0, 0.1) is 0 Å². The van der Waals surface area contributed by atoms with Crippen molar-refractivity contribution in [2.75, 3.05) is 11.1 Å². The van der Waals surface area contributed by atoms with E-state index in [-0.39, 0.29) is 0 Å². The molecule has 0 aliphatic carbocycles. The number of anilines is 2. The molecular formula is C15H16N4S. The van der Waals surface area contributed by atoms with Crippen molar-refractivity contribution in [2.45, 2.75) is 6.92 Å². The summed E-state index contributed by atoms with van der Waals surface area (Å²) in [6, 6.07) is 17.2. The highest BCUT2D eigenvalue weighted by Gasteiger charge is 1.99. The zero-order valence-corrected chi connectivity index (χ0v) is 11.9. The third kappa shape index (κ3) is 4.07. The quantitative estimate of drug-likeness (QED) is 0.351. The average Bonchev–Trinajstić information content (AvgIpc) is 2.46. The predicted octanol–water partition coefficient (Wildman–Crippen LogP) is 2.98. The average molecular weight is 284 g/mol. The van der Waals surface area contributed by atoms with Crippen LogP contribution in [-0.2, 0) is 0 Å². The first-order chi connectivity index (χ1) is 9.65. The lowest BCUT2D eigenvalue weighted by Crippen LogP contribution is -2.24. The summed E-state index contributed by atoms with van der Waals surface area (Å²) in [5.74, 6) is 0. The Labute approximate surface area is 123 Å². The summed E-state index contributed by atoms with van der Waals surface area (Å²) in [7, 11) is 0. The van der Waals surface area contributed by atoms with Gasteiger partial charge in [0.15, 0.2) is 5.11 Å². The molecule has 4 nitrogen and oxygen atoms in total. The van der Waals surface area contributed by atoms with E-state index in [1.807, 2.05) is 61.5 Å². The van der Waals surface area contributed by atoms with Gasteiger partial charge in [-0.15, -0.1) is 0 Å². The minimum atomic E-state index is 0.444. The lowest BCUT2D eigenvalue weighted by atomic mass is 10.1. The molecule has 0 spiro atoms. The third-order valence-electron chi connectivity index (χ3n) is 2.66. The van der Waals surface area contributed by atoms with Gasteiger partial charge in [-0.1, -0.05) is 30.3 Å². The van der Waals surface area contributed by atoms with E-state index in [1.54, 1.807) is 0 Å². The van der Waals surface area contributed by atoms with E-state index in [0.29, 0.717) is 10.8 Å². The molecule has 0 bridgehead atoms. The third-order valence-corrected chi connectivity index (χ3v) is 2.85. The van der Waals surface area contributed by atoms with Crippen molar-refractivity contribution in [3.8, 4) is 0 Å². The van der Waals surface area contributed by atoms with Crippen LogP contribution in [0.15, 0.2) is 59.7 Å². The van der Waals surface area contributed by atoms with Gasteiger partial charge in [0.25, 0.3) is 0 Å². The molecule has 2 rings (SSSR count). The van der Waals surface area contributed by atoms with Crippen LogP contribution in [0.2, 0.25) is 0 Å². The van der Waals surface area contributed by atoms with E-state index in [9.17, 15) is 0 Å². The van der Waals surface area contributed by atoms with Crippen LogP contribution in [-0.4, -0.2) is 10.8 Å². The number of hydrogen-bond acceptors (Lipinski definition) is 3. The number of hydrazone groups is 1. The number of hydrogen-bond donors (Lipinski definition) is 3. The predicted molar refractivity (Wildman–Crippen MR) is 88.9 cm³/mol. The first kappa shape index (κ1) is 14.0. The molecule has 4 N–H and O–H groups in total. The summed E-state index contributed by atoms with van der Waals surface area (Å²) >= 11 is 5.18. The maximum absolute atomic E-state index is 5.74. The molecule has 0 unspecified atom stereocenters. The van der Waals surface area contributed by atoms with Crippen molar-refractivity contribution in [3.63, 3.8) is 0 Å². The Bertz CT molecular complexity index is 623. The van der Waals surface area contributed by atoms with Crippen molar-refractivity contribution in [1.82, 2.24) is 5.43 Å². The fourth-order valence-electron chi connectivity index (χ4n) is 1.64. The Hall–Kier alpha value is -2.40. The van der Waals surface area contributed by atoms with Gasteiger partial charge < -0.3 is 11.1 Å². The highest BCUT2D eigenvalue weighted by atomic mass is 32.1. The van der Waals surface area contributed by atoms with Crippen molar-refractivity contribution in [1.29, 1.82) is 0 Å². The van der Waals surface area contributed by atoms with Gasteiger partial charge in [0.05, 0.1) is 5.71 Å². The molecule has 2 aromatic rings. The number of para-hydroxylation sites is 1. The van der Waals surface area contributed by atoms with Crippen LogP contribution in [0.4, 0.5) is 11.4 Å². The zero-order chi connectivity index (χ0) is 14.4. The minimum Gasteiger partial charge on any atom is -0.399 e. The summed E-state index contributed by atoms with van der Waals surface area (Å²) in [6.07, 6.45) is 0. The number of rotatable bonds is 3. The first-order valence-electron chi connectivity index (χ1n) is 6.17. The fourth-order valence-corrected chi connectivity index (χ4v) is 1.81. The van der Waals surface area contributed by atoms with E-state index < -0.39 is 0 Å². The van der Waals surface area contributed by atoms with E-state index in [2.05, 4.69) is 15.8 Å². The Morgan fingerprint density at radius 1 is 1.10 bits per heavy atom. The Balaban J connectivity index is 1.97. The number of nitrogen functional groups attached to an aromatic ring is 1. The van der Waals surface area contributed by atoms with Crippen molar-refractivity contribution >= 4 is 34.4 Å². The molecule has 5 heteroatoms. The molecule has 20 heavy (non-hydrogen) atoms. The van der Waals surface area contributed by atoms with Gasteiger partial charge >= 0.3 is 0 Å². The smallest absolute Gasteiger partial charge is 0.191 e. The second-order valence-electron chi connectivity index (χ2n) is 4.25. The topological polar surface area (TPSA) is 62.4 Å². The molecule has 0 aliphatic rings. The van der Waals surface area contributed by atoms with Crippen molar-refractivity contribution in [2.24, 2.45) is 5.10 Å². The molecule has 0 saturated carbocycles. The molecule has 2 aromatic carbocycles. The zero-order valence-electron chi connectivity index (χ0n) is 11.1. The largest absolute Gasteiger partial charge is 0.399 e. The molecule has 0 radical (unpaired) electrons. The van der Waals surface area contributed by atoms with Crippen molar-refractivity contribution in [3.05, 3.63) is 60.2 Å². The van der Waals surface area contributed by atoms with Crippen molar-refractivity contribution < 1.29 is 0 Å². The fraction of sp³-hybridized carbons (Fsp3) is 0.0667. The Kier molecular flexibility index (Phi) is 4.68. The summed E-state index contributed by atoms with van der Waals surface area (Å²) in [5.41, 5.74) is 12.0. The SMILES string of the molecule is CC(=NNC(=S)Nc1ccccc1)c1cccc(N)c1.